The predicted octanol–water partition coefficient (Wildman–Crippen LogP) is 3.00. The maximum absolute atomic E-state index is 8.49. The zero-order valence-electron chi connectivity index (χ0n) is 11.4. The van der Waals surface area contributed by atoms with E-state index in [9.17, 15) is 0 Å². The van der Waals surface area contributed by atoms with E-state index in [-0.39, 0.29) is 6.54 Å². The van der Waals surface area contributed by atoms with E-state index in [1.54, 1.807) is 12.4 Å². The fourth-order valence-corrected chi connectivity index (χ4v) is 1.95. The Morgan fingerprint density at radius 2 is 1.79 bits per heavy atom. The summed E-state index contributed by atoms with van der Waals surface area (Å²) in [5, 5.41) is 11.3. The van der Waals surface area contributed by atoms with Crippen molar-refractivity contribution < 1.29 is 0 Å². The van der Waals surface area contributed by atoms with Crippen LogP contribution in [-0.2, 0) is 0 Å². The number of benzene rings is 1. The highest BCUT2D eigenvalue weighted by Crippen LogP contribution is 2.26. The van der Waals surface area contributed by atoms with Gasteiger partial charge < -0.3 is 5.32 Å². The molecule has 0 unspecified atom stereocenters. The molecule has 1 heterocycles. The van der Waals surface area contributed by atoms with Gasteiger partial charge in [-0.3, -0.25) is 0 Å². The van der Waals surface area contributed by atoms with Gasteiger partial charge in [-0.2, -0.15) is 5.26 Å². The van der Waals surface area contributed by atoms with Crippen LogP contribution >= 0.6 is 0 Å². The summed E-state index contributed by atoms with van der Waals surface area (Å²) < 4.78 is 0. The summed E-state index contributed by atoms with van der Waals surface area (Å²) in [7, 11) is 0. The van der Waals surface area contributed by atoms with Gasteiger partial charge in [0.1, 0.15) is 6.54 Å². The van der Waals surface area contributed by atoms with Crippen LogP contribution in [0.25, 0.3) is 11.1 Å². The van der Waals surface area contributed by atoms with E-state index in [0.717, 1.165) is 11.1 Å². The Labute approximate surface area is 113 Å². The molecular formula is C15H16N4. The summed E-state index contributed by atoms with van der Waals surface area (Å²) in [5.74, 6) is 0.479. The average molecular weight is 252 g/mol. The predicted molar refractivity (Wildman–Crippen MR) is 75.8 cm³/mol. The molecule has 1 N–H and O–H groups in total. The Hall–Kier alpha value is -2.41. The number of aryl methyl sites for hydroxylation is 1. The highest BCUT2D eigenvalue weighted by molar-refractivity contribution is 5.68. The fraction of sp³-hybridized carbons (Fsp3) is 0.267. The minimum atomic E-state index is 0.210. The van der Waals surface area contributed by atoms with Crippen molar-refractivity contribution in [3.63, 3.8) is 0 Å². The third-order valence-electron chi connectivity index (χ3n) is 3.35. The molecule has 0 amide bonds. The van der Waals surface area contributed by atoms with Gasteiger partial charge in [-0.05, 0) is 43.0 Å². The number of rotatable bonds is 3. The van der Waals surface area contributed by atoms with Crippen molar-refractivity contribution in [2.75, 3.05) is 11.9 Å². The van der Waals surface area contributed by atoms with Crippen LogP contribution in [0.1, 0.15) is 16.7 Å². The lowest BCUT2D eigenvalue weighted by Gasteiger charge is -2.11. The van der Waals surface area contributed by atoms with Crippen LogP contribution in [0.5, 0.6) is 0 Å². The lowest BCUT2D eigenvalue weighted by atomic mass is 9.96. The molecule has 96 valence electrons. The highest BCUT2D eigenvalue weighted by atomic mass is 15.1. The van der Waals surface area contributed by atoms with Crippen LogP contribution < -0.4 is 5.32 Å². The largest absolute Gasteiger partial charge is 0.341 e. The Morgan fingerprint density at radius 3 is 2.42 bits per heavy atom. The summed E-state index contributed by atoms with van der Waals surface area (Å²) in [6.45, 7) is 6.55. The molecular weight excluding hydrogens is 236 g/mol. The lowest BCUT2D eigenvalue weighted by Crippen LogP contribution is -2.03. The van der Waals surface area contributed by atoms with E-state index < -0.39 is 0 Å². The zero-order chi connectivity index (χ0) is 13.8. The molecule has 0 spiro atoms. The second kappa shape index (κ2) is 5.49. The van der Waals surface area contributed by atoms with Crippen molar-refractivity contribution in [1.82, 2.24) is 9.97 Å². The minimum Gasteiger partial charge on any atom is -0.341 e. The van der Waals surface area contributed by atoms with E-state index in [0.29, 0.717) is 5.95 Å². The van der Waals surface area contributed by atoms with Crippen molar-refractivity contribution in [2.45, 2.75) is 20.8 Å². The molecule has 0 aliphatic carbocycles. The first-order valence-electron chi connectivity index (χ1n) is 6.13. The molecule has 0 radical (unpaired) electrons. The van der Waals surface area contributed by atoms with Gasteiger partial charge in [0.2, 0.25) is 5.95 Å². The van der Waals surface area contributed by atoms with Gasteiger partial charge in [-0.15, -0.1) is 0 Å². The van der Waals surface area contributed by atoms with Gasteiger partial charge in [0.05, 0.1) is 6.07 Å². The number of aromatic nitrogens is 2. The van der Waals surface area contributed by atoms with Crippen LogP contribution in [0.15, 0.2) is 24.5 Å². The van der Waals surface area contributed by atoms with E-state index >= 15 is 0 Å². The number of nitrogens with zero attached hydrogens (tertiary/aromatic N) is 3. The summed E-state index contributed by atoms with van der Waals surface area (Å²) in [6.07, 6.45) is 3.56. The van der Waals surface area contributed by atoms with Crippen LogP contribution in [-0.4, -0.2) is 16.5 Å². The molecule has 2 rings (SSSR count). The molecule has 0 saturated carbocycles. The normalized spacial score (nSPS) is 10.0. The second-order valence-electron chi connectivity index (χ2n) is 4.49. The third kappa shape index (κ3) is 2.71. The van der Waals surface area contributed by atoms with Crippen LogP contribution in [0.3, 0.4) is 0 Å². The summed E-state index contributed by atoms with van der Waals surface area (Å²) >= 11 is 0. The van der Waals surface area contributed by atoms with E-state index in [1.165, 1.54) is 16.7 Å². The summed E-state index contributed by atoms with van der Waals surface area (Å²) in [6, 6.07) is 6.20. The average Bonchev–Trinajstić information content (AvgIpc) is 2.44. The van der Waals surface area contributed by atoms with E-state index in [1.807, 2.05) is 6.07 Å². The number of anilines is 1. The molecule has 0 aliphatic heterocycles. The van der Waals surface area contributed by atoms with Crippen LogP contribution in [0.2, 0.25) is 0 Å². The molecule has 1 aromatic carbocycles. The molecule has 0 aliphatic rings. The van der Waals surface area contributed by atoms with Gasteiger partial charge in [0, 0.05) is 18.0 Å². The smallest absolute Gasteiger partial charge is 0.223 e. The van der Waals surface area contributed by atoms with Crippen LogP contribution in [0, 0.1) is 32.1 Å². The van der Waals surface area contributed by atoms with Crippen LogP contribution in [0.4, 0.5) is 5.95 Å². The molecule has 0 fully saturated rings. The first-order valence-corrected chi connectivity index (χ1v) is 6.13. The van der Waals surface area contributed by atoms with Gasteiger partial charge >= 0.3 is 0 Å². The molecule has 4 heteroatoms. The lowest BCUT2D eigenvalue weighted by molar-refractivity contribution is 1.12. The van der Waals surface area contributed by atoms with Crippen molar-refractivity contribution in [1.29, 1.82) is 5.26 Å². The number of nitriles is 1. The van der Waals surface area contributed by atoms with Gasteiger partial charge in [0.15, 0.2) is 0 Å². The quantitative estimate of drug-likeness (QED) is 0.853. The number of hydrogen-bond donors (Lipinski definition) is 1. The van der Waals surface area contributed by atoms with Crippen molar-refractivity contribution in [2.24, 2.45) is 0 Å². The van der Waals surface area contributed by atoms with Gasteiger partial charge in [0.25, 0.3) is 0 Å². The van der Waals surface area contributed by atoms with Gasteiger partial charge in [-0.25, -0.2) is 9.97 Å². The number of nitrogens with one attached hydrogen (secondary N) is 1. The Kier molecular flexibility index (Phi) is 3.76. The Bertz CT molecular complexity index is 624. The highest BCUT2D eigenvalue weighted by Gasteiger charge is 2.07. The molecule has 4 nitrogen and oxygen atoms in total. The fourth-order valence-electron chi connectivity index (χ4n) is 1.95. The third-order valence-corrected chi connectivity index (χ3v) is 3.35. The SMILES string of the molecule is Cc1ccc(-c2cnc(NCC#N)nc2)c(C)c1C. The topological polar surface area (TPSA) is 61.6 Å². The second-order valence-corrected chi connectivity index (χ2v) is 4.49. The van der Waals surface area contributed by atoms with Crippen molar-refractivity contribution >= 4 is 5.95 Å². The minimum absolute atomic E-state index is 0.210. The standard InChI is InChI=1S/C15H16N4/c1-10-4-5-14(12(3)11(10)2)13-8-18-15(19-9-13)17-7-6-16/h4-5,8-9H,7H2,1-3H3,(H,17,18,19). The van der Waals surface area contributed by atoms with Gasteiger partial charge in [-0.1, -0.05) is 12.1 Å². The summed E-state index contributed by atoms with van der Waals surface area (Å²) in [4.78, 5) is 8.42. The zero-order valence-corrected chi connectivity index (χ0v) is 11.4. The van der Waals surface area contributed by atoms with Crippen molar-refractivity contribution in [3.8, 4) is 17.2 Å². The molecule has 19 heavy (non-hydrogen) atoms. The van der Waals surface area contributed by atoms with E-state index in [2.05, 4.69) is 48.2 Å². The van der Waals surface area contributed by atoms with E-state index in [4.69, 9.17) is 5.26 Å². The maximum atomic E-state index is 8.49. The monoisotopic (exact) mass is 252 g/mol. The molecule has 2 aromatic rings. The Balaban J connectivity index is 2.33. The molecule has 1 aromatic heterocycles. The summed E-state index contributed by atoms with van der Waals surface area (Å²) in [5.41, 5.74) is 5.97. The molecule has 0 bridgehead atoms. The molecule has 0 atom stereocenters. The van der Waals surface area contributed by atoms with Crippen molar-refractivity contribution in [3.05, 3.63) is 41.2 Å². The first-order chi connectivity index (χ1) is 9.13. The molecule has 0 saturated heterocycles. The maximum Gasteiger partial charge on any atom is 0.223 e. The Morgan fingerprint density at radius 1 is 1.11 bits per heavy atom. The number of hydrogen-bond acceptors (Lipinski definition) is 4. The first kappa shape index (κ1) is 13.0.